The summed E-state index contributed by atoms with van der Waals surface area (Å²) in [4.78, 5) is 30.1. The molecule has 0 aromatic heterocycles. The topological polar surface area (TPSA) is 52.7 Å². The van der Waals surface area contributed by atoms with Gasteiger partial charge in [-0.2, -0.15) is 0 Å². The van der Waals surface area contributed by atoms with Crippen molar-refractivity contribution in [3.63, 3.8) is 0 Å². The number of rotatable bonds is 4. The standard InChI is InChI=1S/C25H29Cl2N3O2/c1-17-8-12-30(13-9-17)25(32)21-4-2-3-5-23(21)29-14-10-19(11-15-29)28-24(31)20-7-6-18(26)16-22(20)27/h2-7,16-17,19H,8-15H2,1H3,(H,28,31). The number of nitrogens with zero attached hydrogens (tertiary/aromatic N) is 2. The van der Waals surface area contributed by atoms with E-state index in [-0.39, 0.29) is 17.9 Å². The van der Waals surface area contributed by atoms with Gasteiger partial charge in [0.15, 0.2) is 0 Å². The minimum atomic E-state index is -0.181. The average Bonchev–Trinajstić information content (AvgIpc) is 2.79. The molecular weight excluding hydrogens is 445 g/mol. The van der Waals surface area contributed by atoms with E-state index in [2.05, 4.69) is 17.1 Å². The summed E-state index contributed by atoms with van der Waals surface area (Å²) >= 11 is 12.1. The largest absolute Gasteiger partial charge is 0.371 e. The first-order valence-electron chi connectivity index (χ1n) is 11.3. The fraction of sp³-hybridized carbons (Fsp3) is 0.440. The van der Waals surface area contributed by atoms with Gasteiger partial charge in [-0.3, -0.25) is 9.59 Å². The Hall–Kier alpha value is -2.24. The molecule has 1 N–H and O–H groups in total. The Kier molecular flexibility index (Phi) is 7.27. The average molecular weight is 474 g/mol. The molecule has 7 heteroatoms. The molecule has 32 heavy (non-hydrogen) atoms. The van der Waals surface area contributed by atoms with Crippen LogP contribution in [-0.4, -0.2) is 48.9 Å². The minimum absolute atomic E-state index is 0.0666. The van der Waals surface area contributed by atoms with Crippen LogP contribution in [0.3, 0.4) is 0 Å². The first-order valence-corrected chi connectivity index (χ1v) is 12.1. The fourth-order valence-corrected chi connectivity index (χ4v) is 5.01. The van der Waals surface area contributed by atoms with Crippen LogP contribution < -0.4 is 10.2 Å². The van der Waals surface area contributed by atoms with E-state index in [4.69, 9.17) is 23.2 Å². The highest BCUT2D eigenvalue weighted by Gasteiger charge is 2.27. The van der Waals surface area contributed by atoms with Crippen LogP contribution >= 0.6 is 23.2 Å². The zero-order chi connectivity index (χ0) is 22.7. The Labute approximate surface area is 199 Å². The van der Waals surface area contributed by atoms with Crippen molar-refractivity contribution in [2.75, 3.05) is 31.1 Å². The highest BCUT2D eigenvalue weighted by atomic mass is 35.5. The first-order chi connectivity index (χ1) is 15.4. The van der Waals surface area contributed by atoms with E-state index in [0.717, 1.165) is 63.1 Å². The number of para-hydroxylation sites is 1. The van der Waals surface area contributed by atoms with Gasteiger partial charge >= 0.3 is 0 Å². The van der Waals surface area contributed by atoms with Crippen molar-refractivity contribution in [2.24, 2.45) is 5.92 Å². The second kappa shape index (κ2) is 10.1. The molecular formula is C25H29Cl2N3O2. The Morgan fingerprint density at radius 2 is 1.59 bits per heavy atom. The van der Waals surface area contributed by atoms with E-state index in [1.807, 2.05) is 29.2 Å². The van der Waals surface area contributed by atoms with Crippen molar-refractivity contribution in [1.82, 2.24) is 10.2 Å². The number of carbonyl (C=O) groups is 2. The molecule has 170 valence electrons. The van der Waals surface area contributed by atoms with Crippen LogP contribution in [0.1, 0.15) is 53.3 Å². The van der Waals surface area contributed by atoms with E-state index in [1.165, 1.54) is 0 Å². The molecule has 2 heterocycles. The summed E-state index contributed by atoms with van der Waals surface area (Å²) in [5, 5.41) is 3.95. The maximum Gasteiger partial charge on any atom is 0.255 e. The Morgan fingerprint density at radius 3 is 2.28 bits per heavy atom. The number of nitrogens with one attached hydrogen (secondary N) is 1. The summed E-state index contributed by atoms with van der Waals surface area (Å²) in [6.45, 7) is 5.46. The van der Waals surface area contributed by atoms with Crippen molar-refractivity contribution in [1.29, 1.82) is 0 Å². The molecule has 0 saturated carbocycles. The predicted octanol–water partition coefficient (Wildman–Crippen LogP) is 5.26. The molecule has 4 rings (SSSR count). The molecule has 2 aromatic rings. The van der Waals surface area contributed by atoms with Crippen molar-refractivity contribution < 1.29 is 9.59 Å². The van der Waals surface area contributed by atoms with Crippen LogP contribution in [0, 0.1) is 5.92 Å². The summed E-state index contributed by atoms with van der Waals surface area (Å²) in [6, 6.07) is 12.9. The zero-order valence-electron chi connectivity index (χ0n) is 18.3. The van der Waals surface area contributed by atoms with Gasteiger partial charge in [0, 0.05) is 42.9 Å². The van der Waals surface area contributed by atoms with E-state index in [0.29, 0.717) is 21.5 Å². The second-order valence-electron chi connectivity index (χ2n) is 8.85. The molecule has 0 radical (unpaired) electrons. The zero-order valence-corrected chi connectivity index (χ0v) is 19.8. The molecule has 2 aliphatic rings. The molecule has 0 atom stereocenters. The molecule has 2 aliphatic heterocycles. The van der Waals surface area contributed by atoms with E-state index in [1.54, 1.807) is 18.2 Å². The summed E-state index contributed by atoms with van der Waals surface area (Å²) in [7, 11) is 0. The van der Waals surface area contributed by atoms with Gasteiger partial charge in [-0.05, 0) is 61.9 Å². The molecule has 0 bridgehead atoms. The van der Waals surface area contributed by atoms with Gasteiger partial charge in [-0.25, -0.2) is 0 Å². The van der Waals surface area contributed by atoms with Gasteiger partial charge in [0.05, 0.1) is 16.1 Å². The van der Waals surface area contributed by atoms with Gasteiger partial charge in [0.1, 0.15) is 0 Å². The lowest BCUT2D eigenvalue weighted by Gasteiger charge is -2.36. The van der Waals surface area contributed by atoms with Crippen LogP contribution in [-0.2, 0) is 0 Å². The third-order valence-electron chi connectivity index (χ3n) is 6.55. The number of amides is 2. The lowest BCUT2D eigenvalue weighted by atomic mass is 9.98. The second-order valence-corrected chi connectivity index (χ2v) is 9.69. The monoisotopic (exact) mass is 473 g/mol. The third-order valence-corrected chi connectivity index (χ3v) is 7.10. The summed E-state index contributed by atoms with van der Waals surface area (Å²) < 4.78 is 0. The highest BCUT2D eigenvalue weighted by molar-refractivity contribution is 6.36. The summed E-state index contributed by atoms with van der Waals surface area (Å²) in [5.74, 6) is 0.631. The number of hydrogen-bond donors (Lipinski definition) is 1. The molecule has 2 amide bonds. The maximum absolute atomic E-state index is 13.2. The molecule has 2 fully saturated rings. The lowest BCUT2D eigenvalue weighted by molar-refractivity contribution is 0.0697. The van der Waals surface area contributed by atoms with Crippen molar-refractivity contribution >= 4 is 40.7 Å². The van der Waals surface area contributed by atoms with Crippen LogP contribution in [0.4, 0.5) is 5.69 Å². The van der Waals surface area contributed by atoms with Gasteiger partial charge in [-0.15, -0.1) is 0 Å². The van der Waals surface area contributed by atoms with Crippen LogP contribution in [0.5, 0.6) is 0 Å². The highest BCUT2D eigenvalue weighted by Crippen LogP contribution is 2.28. The molecule has 0 unspecified atom stereocenters. The number of halogens is 2. The van der Waals surface area contributed by atoms with Crippen LogP contribution in [0.2, 0.25) is 10.0 Å². The third kappa shape index (κ3) is 5.21. The van der Waals surface area contributed by atoms with Crippen LogP contribution in [0.15, 0.2) is 42.5 Å². The van der Waals surface area contributed by atoms with Gasteiger partial charge in [0.25, 0.3) is 11.8 Å². The SMILES string of the molecule is CC1CCN(C(=O)c2ccccc2N2CCC(NC(=O)c3ccc(Cl)cc3Cl)CC2)CC1. The Morgan fingerprint density at radius 1 is 0.906 bits per heavy atom. The Balaban J connectivity index is 1.38. The lowest BCUT2D eigenvalue weighted by Crippen LogP contribution is -2.45. The molecule has 5 nitrogen and oxygen atoms in total. The summed E-state index contributed by atoms with van der Waals surface area (Å²) in [6.07, 6.45) is 3.74. The number of carbonyl (C=O) groups excluding carboxylic acids is 2. The number of piperidine rings is 2. The normalized spacial score (nSPS) is 18.0. The van der Waals surface area contributed by atoms with Crippen molar-refractivity contribution in [3.8, 4) is 0 Å². The van der Waals surface area contributed by atoms with Crippen LogP contribution in [0.25, 0.3) is 0 Å². The molecule has 2 aromatic carbocycles. The smallest absolute Gasteiger partial charge is 0.255 e. The Bertz CT molecular complexity index is 981. The van der Waals surface area contributed by atoms with Crippen molar-refractivity contribution in [3.05, 3.63) is 63.6 Å². The molecule has 0 spiro atoms. The van der Waals surface area contributed by atoms with Crippen molar-refractivity contribution in [2.45, 2.75) is 38.6 Å². The number of anilines is 1. The summed E-state index contributed by atoms with van der Waals surface area (Å²) in [5.41, 5.74) is 2.20. The number of likely N-dealkylation sites (tertiary alicyclic amines) is 1. The van der Waals surface area contributed by atoms with Gasteiger partial charge in [0.2, 0.25) is 0 Å². The van der Waals surface area contributed by atoms with E-state index < -0.39 is 0 Å². The predicted molar refractivity (Wildman–Crippen MR) is 130 cm³/mol. The quantitative estimate of drug-likeness (QED) is 0.658. The molecule has 0 aliphatic carbocycles. The number of hydrogen-bond acceptors (Lipinski definition) is 3. The fourth-order valence-electron chi connectivity index (χ4n) is 4.51. The number of benzene rings is 2. The maximum atomic E-state index is 13.2. The molecule has 2 saturated heterocycles. The van der Waals surface area contributed by atoms with E-state index in [9.17, 15) is 9.59 Å². The van der Waals surface area contributed by atoms with Gasteiger partial charge in [-0.1, -0.05) is 42.3 Å². The van der Waals surface area contributed by atoms with Gasteiger partial charge < -0.3 is 15.1 Å². The first kappa shape index (κ1) is 22.9. The van der Waals surface area contributed by atoms with E-state index >= 15 is 0 Å². The minimum Gasteiger partial charge on any atom is -0.371 e.